The average Bonchev–Trinajstić information content (AvgIpc) is 2.35. The normalized spacial score (nSPS) is 11.6. The summed E-state index contributed by atoms with van der Waals surface area (Å²) >= 11 is 6.15. The van der Waals surface area contributed by atoms with Crippen LogP contribution in [-0.2, 0) is 4.79 Å². The Hall–Kier alpha value is -1.48. The van der Waals surface area contributed by atoms with E-state index in [2.05, 4.69) is 0 Å². The van der Waals surface area contributed by atoms with Crippen molar-refractivity contribution in [3.05, 3.63) is 28.3 Å². The Kier molecular flexibility index (Phi) is 5.90. The van der Waals surface area contributed by atoms with Crippen molar-refractivity contribution in [3.63, 3.8) is 0 Å². The van der Waals surface area contributed by atoms with Gasteiger partial charge in [0.1, 0.15) is 6.29 Å². The van der Waals surface area contributed by atoms with E-state index in [0.717, 1.165) is 11.8 Å². The number of carbonyl (C=O) groups is 1. The Bertz CT molecular complexity index is 479. The molecular formula is C15H19ClO3. The maximum Gasteiger partial charge on any atom is 0.179 e. The van der Waals surface area contributed by atoms with Gasteiger partial charge in [-0.2, -0.15) is 0 Å². The summed E-state index contributed by atoms with van der Waals surface area (Å²) in [6, 6.07) is 3.58. The number of hydrogen-bond donors (Lipinski definition) is 0. The molecule has 1 aromatic carbocycles. The molecule has 0 aromatic heterocycles. The highest BCUT2D eigenvalue weighted by Gasteiger charge is 2.11. The van der Waals surface area contributed by atoms with Gasteiger partial charge in [0.15, 0.2) is 11.5 Å². The van der Waals surface area contributed by atoms with E-state index in [0.29, 0.717) is 28.7 Å². The van der Waals surface area contributed by atoms with Crippen molar-refractivity contribution in [2.24, 2.45) is 5.92 Å². The lowest BCUT2D eigenvalue weighted by Crippen LogP contribution is -1.98. The average molecular weight is 283 g/mol. The first-order valence-electron chi connectivity index (χ1n) is 6.20. The topological polar surface area (TPSA) is 35.5 Å². The zero-order valence-corrected chi connectivity index (χ0v) is 12.5. The first-order chi connectivity index (χ1) is 9.03. The molecule has 0 aliphatic rings. The van der Waals surface area contributed by atoms with E-state index < -0.39 is 0 Å². The zero-order valence-electron chi connectivity index (χ0n) is 11.7. The summed E-state index contributed by atoms with van der Waals surface area (Å²) in [7, 11) is 1.55. The number of ether oxygens (including phenoxy) is 2. The molecule has 0 aliphatic carbocycles. The summed E-state index contributed by atoms with van der Waals surface area (Å²) in [6.45, 7) is 6.34. The minimum atomic E-state index is 0.161. The Morgan fingerprint density at radius 3 is 2.58 bits per heavy atom. The van der Waals surface area contributed by atoms with Crippen LogP contribution < -0.4 is 9.47 Å². The lowest BCUT2D eigenvalue weighted by Gasteiger charge is -2.12. The van der Waals surface area contributed by atoms with Gasteiger partial charge in [-0.25, -0.2) is 0 Å². The van der Waals surface area contributed by atoms with Crippen LogP contribution in [0.2, 0.25) is 5.02 Å². The van der Waals surface area contributed by atoms with E-state index in [1.807, 2.05) is 32.9 Å². The molecule has 0 amide bonds. The highest BCUT2D eigenvalue weighted by Crippen LogP contribution is 2.37. The van der Waals surface area contributed by atoms with Crippen molar-refractivity contribution in [2.45, 2.75) is 20.8 Å². The SMILES string of the molecule is CCOc1cc(C=C(C=O)C(C)C)cc(Cl)c1OC. The second-order valence-electron chi connectivity index (χ2n) is 4.38. The molecule has 0 atom stereocenters. The van der Waals surface area contributed by atoms with E-state index in [-0.39, 0.29) is 5.92 Å². The lowest BCUT2D eigenvalue weighted by atomic mass is 10.0. The molecule has 0 saturated carbocycles. The molecule has 0 aliphatic heterocycles. The smallest absolute Gasteiger partial charge is 0.179 e. The molecule has 1 aromatic rings. The standard InChI is InChI=1S/C15H19ClO3/c1-5-19-14-8-11(6-12(9-17)10(2)3)7-13(16)15(14)18-4/h6-10H,5H2,1-4H3. The molecule has 0 radical (unpaired) electrons. The van der Waals surface area contributed by atoms with Gasteiger partial charge in [-0.15, -0.1) is 0 Å². The molecule has 0 spiro atoms. The van der Waals surface area contributed by atoms with Crippen LogP contribution in [0.3, 0.4) is 0 Å². The van der Waals surface area contributed by atoms with E-state index in [9.17, 15) is 4.79 Å². The Labute approximate surface area is 119 Å². The molecule has 0 bridgehead atoms. The third-order valence-electron chi connectivity index (χ3n) is 2.67. The van der Waals surface area contributed by atoms with Crippen LogP contribution >= 0.6 is 11.6 Å². The fraction of sp³-hybridized carbons (Fsp3) is 0.400. The Morgan fingerprint density at radius 2 is 2.11 bits per heavy atom. The molecule has 0 saturated heterocycles. The molecule has 0 heterocycles. The number of aldehydes is 1. The van der Waals surface area contributed by atoms with Gasteiger partial charge in [0.25, 0.3) is 0 Å². The number of rotatable bonds is 6. The maximum absolute atomic E-state index is 11.0. The predicted molar refractivity (Wildman–Crippen MR) is 78.1 cm³/mol. The van der Waals surface area contributed by atoms with Gasteiger partial charge in [0.2, 0.25) is 0 Å². The van der Waals surface area contributed by atoms with Gasteiger partial charge in [-0.05, 0) is 42.2 Å². The van der Waals surface area contributed by atoms with Gasteiger partial charge in [0.05, 0.1) is 18.7 Å². The molecule has 3 nitrogen and oxygen atoms in total. The van der Waals surface area contributed by atoms with E-state index in [1.165, 1.54) is 0 Å². The monoisotopic (exact) mass is 282 g/mol. The predicted octanol–water partition coefficient (Wildman–Crippen LogP) is 3.99. The minimum Gasteiger partial charge on any atom is -0.491 e. The van der Waals surface area contributed by atoms with E-state index >= 15 is 0 Å². The summed E-state index contributed by atoms with van der Waals surface area (Å²) in [5.41, 5.74) is 1.54. The molecule has 1 rings (SSSR count). The first-order valence-corrected chi connectivity index (χ1v) is 6.58. The number of benzene rings is 1. The Morgan fingerprint density at radius 1 is 1.42 bits per heavy atom. The van der Waals surface area contributed by atoms with Crippen molar-refractivity contribution < 1.29 is 14.3 Å². The third-order valence-corrected chi connectivity index (χ3v) is 2.95. The molecule has 19 heavy (non-hydrogen) atoms. The summed E-state index contributed by atoms with van der Waals surface area (Å²) < 4.78 is 10.7. The number of hydrogen-bond acceptors (Lipinski definition) is 3. The van der Waals surface area contributed by atoms with Crippen LogP contribution in [0.15, 0.2) is 17.7 Å². The van der Waals surface area contributed by atoms with Gasteiger partial charge < -0.3 is 9.47 Å². The quantitative estimate of drug-likeness (QED) is 0.585. The second-order valence-corrected chi connectivity index (χ2v) is 4.79. The van der Waals surface area contributed by atoms with Crippen molar-refractivity contribution >= 4 is 24.0 Å². The second kappa shape index (κ2) is 7.19. The summed E-state index contributed by atoms with van der Waals surface area (Å²) in [5.74, 6) is 1.25. The Balaban J connectivity index is 3.27. The minimum absolute atomic E-state index is 0.161. The van der Waals surface area contributed by atoms with Crippen molar-refractivity contribution in [3.8, 4) is 11.5 Å². The highest BCUT2D eigenvalue weighted by molar-refractivity contribution is 6.32. The van der Waals surface area contributed by atoms with Crippen LogP contribution in [0, 0.1) is 5.92 Å². The number of halogens is 1. The van der Waals surface area contributed by atoms with Crippen LogP contribution in [-0.4, -0.2) is 20.0 Å². The van der Waals surface area contributed by atoms with Crippen LogP contribution in [0.4, 0.5) is 0 Å². The molecule has 0 N–H and O–H groups in total. The summed E-state index contributed by atoms with van der Waals surface area (Å²) in [4.78, 5) is 11.0. The van der Waals surface area contributed by atoms with Crippen molar-refractivity contribution in [1.29, 1.82) is 0 Å². The number of carbonyl (C=O) groups excluding carboxylic acids is 1. The number of allylic oxidation sites excluding steroid dienone is 1. The summed E-state index contributed by atoms with van der Waals surface area (Å²) in [6.07, 6.45) is 2.68. The first kappa shape index (κ1) is 15.6. The van der Waals surface area contributed by atoms with Gasteiger partial charge in [-0.1, -0.05) is 25.4 Å². The maximum atomic E-state index is 11.0. The molecule has 0 fully saturated rings. The molecule has 4 heteroatoms. The highest BCUT2D eigenvalue weighted by atomic mass is 35.5. The largest absolute Gasteiger partial charge is 0.491 e. The van der Waals surface area contributed by atoms with Crippen LogP contribution in [0.25, 0.3) is 6.08 Å². The molecule has 0 unspecified atom stereocenters. The van der Waals surface area contributed by atoms with Gasteiger partial charge >= 0.3 is 0 Å². The van der Waals surface area contributed by atoms with E-state index in [4.69, 9.17) is 21.1 Å². The number of methoxy groups -OCH3 is 1. The van der Waals surface area contributed by atoms with Crippen molar-refractivity contribution in [1.82, 2.24) is 0 Å². The van der Waals surface area contributed by atoms with Crippen molar-refractivity contribution in [2.75, 3.05) is 13.7 Å². The molecular weight excluding hydrogens is 264 g/mol. The van der Waals surface area contributed by atoms with Gasteiger partial charge in [0, 0.05) is 0 Å². The van der Waals surface area contributed by atoms with Crippen LogP contribution in [0.5, 0.6) is 11.5 Å². The fourth-order valence-corrected chi connectivity index (χ4v) is 1.96. The summed E-state index contributed by atoms with van der Waals surface area (Å²) in [5, 5.41) is 0.466. The third kappa shape index (κ3) is 4.00. The van der Waals surface area contributed by atoms with E-state index in [1.54, 1.807) is 13.2 Å². The zero-order chi connectivity index (χ0) is 14.4. The lowest BCUT2D eigenvalue weighted by molar-refractivity contribution is -0.105. The van der Waals surface area contributed by atoms with Gasteiger partial charge in [-0.3, -0.25) is 4.79 Å². The van der Waals surface area contributed by atoms with Crippen LogP contribution in [0.1, 0.15) is 26.3 Å². The fourth-order valence-electron chi connectivity index (χ4n) is 1.66. The molecule has 104 valence electrons.